The van der Waals surface area contributed by atoms with Gasteiger partial charge in [0, 0.05) is 22.7 Å². The minimum Gasteiger partial charge on any atom is -0.493 e. The average molecular weight is 456 g/mol. The third-order valence-corrected chi connectivity index (χ3v) is 4.62. The van der Waals surface area contributed by atoms with Crippen molar-refractivity contribution >= 4 is 35.0 Å². The Kier molecular flexibility index (Phi) is 7.88. The molecular formula is C23H22ClN3O5. The lowest BCUT2D eigenvalue weighted by molar-refractivity contribution is -0.122. The number of halogens is 1. The topological polar surface area (TPSA) is 110 Å². The molecule has 3 rings (SSSR count). The Morgan fingerprint density at radius 3 is 2.59 bits per heavy atom. The summed E-state index contributed by atoms with van der Waals surface area (Å²) in [7, 11) is 0. The van der Waals surface area contributed by atoms with Crippen LogP contribution in [0.5, 0.6) is 5.75 Å². The highest BCUT2D eigenvalue weighted by Gasteiger charge is 2.12. The standard InChI is InChI=1S/C23H22ClN3O5/c1-15-13-17(24)9-10-19(15)31-12-4-8-21(28)26-27-22(29)16-5-2-6-18(14-16)25-23(30)20-7-3-11-32-20/h2-3,5-7,9-11,13-14H,4,8,12H2,1H3,(H,25,30)(H,26,28)(H,27,29). The van der Waals surface area contributed by atoms with Gasteiger partial charge in [-0.2, -0.15) is 0 Å². The zero-order chi connectivity index (χ0) is 22.9. The van der Waals surface area contributed by atoms with E-state index in [9.17, 15) is 14.4 Å². The first-order valence-electron chi connectivity index (χ1n) is 9.85. The van der Waals surface area contributed by atoms with Crippen molar-refractivity contribution in [2.45, 2.75) is 19.8 Å². The van der Waals surface area contributed by atoms with Crippen molar-refractivity contribution in [3.63, 3.8) is 0 Å². The van der Waals surface area contributed by atoms with Crippen LogP contribution in [0.4, 0.5) is 5.69 Å². The summed E-state index contributed by atoms with van der Waals surface area (Å²) in [6, 6.07) is 14.8. The summed E-state index contributed by atoms with van der Waals surface area (Å²) in [6.45, 7) is 2.24. The number of hydrogen-bond acceptors (Lipinski definition) is 5. The number of aryl methyl sites for hydroxylation is 1. The Morgan fingerprint density at radius 1 is 1.00 bits per heavy atom. The number of benzene rings is 2. The van der Waals surface area contributed by atoms with Crippen LogP contribution in [0.15, 0.2) is 65.3 Å². The highest BCUT2D eigenvalue weighted by molar-refractivity contribution is 6.30. The monoisotopic (exact) mass is 455 g/mol. The maximum Gasteiger partial charge on any atom is 0.291 e. The van der Waals surface area contributed by atoms with E-state index in [-0.39, 0.29) is 23.7 Å². The van der Waals surface area contributed by atoms with E-state index in [0.29, 0.717) is 29.5 Å². The second-order valence-corrected chi connectivity index (χ2v) is 7.31. The van der Waals surface area contributed by atoms with E-state index in [1.54, 1.807) is 42.5 Å². The maximum absolute atomic E-state index is 12.3. The first-order chi connectivity index (χ1) is 15.4. The van der Waals surface area contributed by atoms with Crippen molar-refractivity contribution < 1.29 is 23.5 Å². The molecule has 0 radical (unpaired) electrons. The Bertz CT molecular complexity index is 1100. The predicted molar refractivity (Wildman–Crippen MR) is 120 cm³/mol. The molecule has 1 aromatic heterocycles. The highest BCUT2D eigenvalue weighted by atomic mass is 35.5. The van der Waals surface area contributed by atoms with Gasteiger partial charge in [-0.15, -0.1) is 0 Å². The molecule has 0 aliphatic carbocycles. The van der Waals surface area contributed by atoms with Gasteiger partial charge in [-0.3, -0.25) is 25.2 Å². The second-order valence-electron chi connectivity index (χ2n) is 6.88. The van der Waals surface area contributed by atoms with Gasteiger partial charge in [0.1, 0.15) is 5.75 Å². The van der Waals surface area contributed by atoms with Crippen molar-refractivity contribution in [1.82, 2.24) is 10.9 Å². The van der Waals surface area contributed by atoms with Gasteiger partial charge in [0.05, 0.1) is 12.9 Å². The number of carbonyl (C=O) groups is 3. The molecule has 0 saturated carbocycles. The SMILES string of the molecule is Cc1cc(Cl)ccc1OCCCC(=O)NNC(=O)c1cccc(NC(=O)c2ccco2)c1. The number of ether oxygens (including phenoxy) is 1. The predicted octanol–water partition coefficient (Wildman–Crippen LogP) is 4.11. The molecule has 3 N–H and O–H groups in total. The summed E-state index contributed by atoms with van der Waals surface area (Å²) in [5, 5.41) is 3.27. The van der Waals surface area contributed by atoms with Crippen LogP contribution in [0.2, 0.25) is 5.02 Å². The third kappa shape index (κ3) is 6.61. The van der Waals surface area contributed by atoms with Crippen LogP contribution in [0.1, 0.15) is 39.3 Å². The zero-order valence-corrected chi connectivity index (χ0v) is 18.1. The first-order valence-corrected chi connectivity index (χ1v) is 10.2. The number of furan rings is 1. The molecule has 3 amide bonds. The first kappa shape index (κ1) is 22.9. The van der Waals surface area contributed by atoms with Gasteiger partial charge in [0.2, 0.25) is 5.91 Å². The van der Waals surface area contributed by atoms with Crippen LogP contribution >= 0.6 is 11.6 Å². The Labute approximate surface area is 189 Å². The number of anilines is 1. The van der Waals surface area contributed by atoms with E-state index in [1.165, 1.54) is 18.4 Å². The minimum atomic E-state index is -0.513. The number of carbonyl (C=O) groups excluding carboxylic acids is 3. The van der Waals surface area contributed by atoms with Crippen LogP contribution in [0.3, 0.4) is 0 Å². The Balaban J connectivity index is 1.41. The van der Waals surface area contributed by atoms with E-state index >= 15 is 0 Å². The summed E-state index contributed by atoms with van der Waals surface area (Å²) >= 11 is 5.91. The normalized spacial score (nSPS) is 10.3. The molecule has 3 aromatic rings. The Morgan fingerprint density at radius 2 is 1.84 bits per heavy atom. The van der Waals surface area contributed by atoms with Crippen molar-refractivity contribution in [2.24, 2.45) is 0 Å². The van der Waals surface area contributed by atoms with Crippen molar-refractivity contribution in [3.8, 4) is 5.75 Å². The van der Waals surface area contributed by atoms with E-state index in [0.717, 1.165) is 5.56 Å². The number of amides is 3. The summed E-state index contributed by atoms with van der Waals surface area (Å²) < 4.78 is 10.7. The molecule has 9 heteroatoms. The third-order valence-electron chi connectivity index (χ3n) is 4.39. The molecule has 166 valence electrons. The number of hydrogen-bond donors (Lipinski definition) is 3. The van der Waals surface area contributed by atoms with E-state index in [4.69, 9.17) is 20.8 Å². The highest BCUT2D eigenvalue weighted by Crippen LogP contribution is 2.22. The number of hydrazine groups is 1. The van der Waals surface area contributed by atoms with Crippen LogP contribution < -0.4 is 20.9 Å². The second kappa shape index (κ2) is 11.0. The smallest absolute Gasteiger partial charge is 0.291 e. The lowest BCUT2D eigenvalue weighted by Gasteiger charge is -2.10. The molecule has 0 spiro atoms. The van der Waals surface area contributed by atoms with E-state index in [2.05, 4.69) is 16.2 Å². The average Bonchev–Trinajstić information content (AvgIpc) is 3.31. The summed E-state index contributed by atoms with van der Waals surface area (Å²) in [6.07, 6.45) is 2.04. The fourth-order valence-corrected chi connectivity index (χ4v) is 3.02. The van der Waals surface area contributed by atoms with Crippen molar-refractivity contribution in [2.75, 3.05) is 11.9 Å². The number of rotatable bonds is 8. The summed E-state index contributed by atoms with van der Waals surface area (Å²) in [4.78, 5) is 36.3. The molecule has 0 bridgehead atoms. The molecule has 0 fully saturated rings. The Hall–Kier alpha value is -3.78. The van der Waals surface area contributed by atoms with Crippen molar-refractivity contribution in [1.29, 1.82) is 0 Å². The molecule has 0 aliphatic heterocycles. The molecule has 0 saturated heterocycles. The molecule has 32 heavy (non-hydrogen) atoms. The van der Waals surface area contributed by atoms with Gasteiger partial charge >= 0.3 is 0 Å². The van der Waals surface area contributed by atoms with Crippen molar-refractivity contribution in [3.05, 3.63) is 82.8 Å². The molecule has 0 atom stereocenters. The lowest BCUT2D eigenvalue weighted by atomic mass is 10.2. The van der Waals surface area contributed by atoms with Gasteiger partial charge in [-0.25, -0.2) is 0 Å². The van der Waals surface area contributed by atoms with Gasteiger partial charge in [-0.1, -0.05) is 17.7 Å². The quantitative estimate of drug-likeness (QED) is 0.349. The lowest BCUT2D eigenvalue weighted by Crippen LogP contribution is -2.41. The van der Waals surface area contributed by atoms with E-state index in [1.807, 2.05) is 6.92 Å². The van der Waals surface area contributed by atoms with Gasteiger partial charge in [0.25, 0.3) is 11.8 Å². The largest absolute Gasteiger partial charge is 0.493 e. The summed E-state index contributed by atoms with van der Waals surface area (Å²) in [5.74, 6) is -0.432. The van der Waals surface area contributed by atoms with Gasteiger partial charge in [-0.05, 0) is 67.4 Å². The molecule has 2 aromatic carbocycles. The molecule has 0 unspecified atom stereocenters. The van der Waals surface area contributed by atoms with Crippen LogP contribution in [0.25, 0.3) is 0 Å². The van der Waals surface area contributed by atoms with Crippen LogP contribution in [0, 0.1) is 6.92 Å². The zero-order valence-electron chi connectivity index (χ0n) is 17.3. The van der Waals surface area contributed by atoms with E-state index < -0.39 is 11.8 Å². The molecule has 8 nitrogen and oxygen atoms in total. The molecule has 1 heterocycles. The molecule has 0 aliphatic rings. The summed E-state index contributed by atoms with van der Waals surface area (Å²) in [5.41, 5.74) is 6.32. The van der Waals surface area contributed by atoms with Crippen LogP contribution in [-0.2, 0) is 4.79 Å². The fraction of sp³-hybridized carbons (Fsp3) is 0.174. The van der Waals surface area contributed by atoms with Gasteiger partial charge < -0.3 is 14.5 Å². The minimum absolute atomic E-state index is 0.155. The maximum atomic E-state index is 12.3. The fourth-order valence-electron chi connectivity index (χ4n) is 2.79. The molecular weight excluding hydrogens is 434 g/mol. The van der Waals surface area contributed by atoms with Gasteiger partial charge in [0.15, 0.2) is 5.76 Å². The van der Waals surface area contributed by atoms with Crippen LogP contribution in [-0.4, -0.2) is 24.3 Å². The number of nitrogens with one attached hydrogen (secondary N) is 3.